The molecule has 128 valence electrons. The first-order valence-electron chi connectivity index (χ1n) is 7.82. The molecule has 0 spiro atoms. The van der Waals surface area contributed by atoms with E-state index in [9.17, 15) is 13.6 Å². The summed E-state index contributed by atoms with van der Waals surface area (Å²) < 4.78 is 30.7. The van der Waals surface area contributed by atoms with Crippen molar-refractivity contribution in [2.75, 3.05) is 13.7 Å². The van der Waals surface area contributed by atoms with Crippen molar-refractivity contribution in [1.29, 1.82) is 0 Å². The first-order chi connectivity index (χ1) is 11.6. The maximum absolute atomic E-state index is 12.7. The van der Waals surface area contributed by atoms with Crippen LogP contribution < -0.4 is 5.32 Å². The molecule has 3 rings (SSSR count). The summed E-state index contributed by atoms with van der Waals surface area (Å²) in [7, 11) is 1.35. The molecule has 1 unspecified atom stereocenters. The molecule has 0 radical (unpaired) electrons. The van der Waals surface area contributed by atoms with Gasteiger partial charge in [0, 0.05) is 12.2 Å². The molecule has 1 fully saturated rings. The average Bonchev–Trinajstić information content (AvgIpc) is 3.12. The Morgan fingerprint density at radius 2 is 2.08 bits per heavy atom. The van der Waals surface area contributed by atoms with Crippen molar-refractivity contribution in [3.05, 3.63) is 53.3 Å². The van der Waals surface area contributed by atoms with E-state index in [4.69, 9.17) is 4.74 Å². The van der Waals surface area contributed by atoms with Crippen LogP contribution in [0.3, 0.4) is 0 Å². The summed E-state index contributed by atoms with van der Waals surface area (Å²) >= 11 is 0. The van der Waals surface area contributed by atoms with E-state index in [1.165, 1.54) is 19.5 Å². The molecule has 1 aromatic heterocycles. The van der Waals surface area contributed by atoms with Crippen LogP contribution in [0.2, 0.25) is 0 Å². The highest BCUT2D eigenvalue weighted by molar-refractivity contribution is 5.89. The molecule has 7 heteroatoms. The number of nitrogens with one attached hydrogen (secondary N) is 1. The van der Waals surface area contributed by atoms with Crippen molar-refractivity contribution in [3.63, 3.8) is 0 Å². The summed E-state index contributed by atoms with van der Waals surface area (Å²) in [4.78, 5) is 11.5. The van der Waals surface area contributed by atoms with Gasteiger partial charge in [-0.25, -0.2) is 9.48 Å². The molecule has 1 aromatic carbocycles. The lowest BCUT2D eigenvalue weighted by atomic mass is 9.85. The first-order valence-corrected chi connectivity index (χ1v) is 7.82. The molecule has 1 aliphatic heterocycles. The molecule has 5 nitrogen and oxygen atoms in total. The van der Waals surface area contributed by atoms with Gasteiger partial charge >= 0.3 is 12.5 Å². The third-order valence-electron chi connectivity index (χ3n) is 4.43. The summed E-state index contributed by atoms with van der Waals surface area (Å²) in [6, 6.07) is 7.39. The second-order valence-corrected chi connectivity index (χ2v) is 5.87. The lowest BCUT2D eigenvalue weighted by Crippen LogP contribution is -2.30. The zero-order valence-electron chi connectivity index (χ0n) is 13.3. The molecule has 24 heavy (non-hydrogen) atoms. The number of aromatic nitrogens is 2. The van der Waals surface area contributed by atoms with E-state index in [-0.39, 0.29) is 17.9 Å². The van der Waals surface area contributed by atoms with Gasteiger partial charge in [0.1, 0.15) is 0 Å². The summed E-state index contributed by atoms with van der Waals surface area (Å²) in [5.41, 5.74) is 2.41. The van der Waals surface area contributed by atoms with E-state index < -0.39 is 6.55 Å². The number of esters is 1. The van der Waals surface area contributed by atoms with Gasteiger partial charge in [0.15, 0.2) is 0 Å². The predicted molar refractivity (Wildman–Crippen MR) is 84.0 cm³/mol. The van der Waals surface area contributed by atoms with Crippen LogP contribution in [0.4, 0.5) is 8.78 Å². The van der Waals surface area contributed by atoms with Crippen LogP contribution in [0, 0.1) is 0 Å². The lowest BCUT2D eigenvalue weighted by molar-refractivity contribution is 0.0563. The quantitative estimate of drug-likeness (QED) is 0.871. The Hall–Kier alpha value is -2.28. The van der Waals surface area contributed by atoms with Gasteiger partial charge in [-0.15, -0.1) is 0 Å². The minimum absolute atomic E-state index is 0.116. The molecule has 1 aliphatic rings. The number of carbonyl (C=O) groups excluding carboxylic acids is 1. The normalized spacial score (nSPS) is 21.0. The van der Waals surface area contributed by atoms with Crippen molar-refractivity contribution in [1.82, 2.24) is 15.1 Å². The smallest absolute Gasteiger partial charge is 0.337 e. The fourth-order valence-corrected chi connectivity index (χ4v) is 3.11. The Labute approximate surface area is 138 Å². The van der Waals surface area contributed by atoms with Crippen molar-refractivity contribution < 1.29 is 18.3 Å². The number of halogens is 2. The second kappa shape index (κ2) is 7.09. The summed E-state index contributed by atoms with van der Waals surface area (Å²) in [6.45, 7) is -1.81. The molecule has 0 aliphatic carbocycles. The number of nitrogens with zero attached hydrogens (tertiary/aromatic N) is 2. The molecule has 2 heterocycles. The van der Waals surface area contributed by atoms with Gasteiger partial charge in [-0.1, -0.05) is 12.1 Å². The third-order valence-corrected chi connectivity index (χ3v) is 4.43. The van der Waals surface area contributed by atoms with Crippen LogP contribution in [0.5, 0.6) is 0 Å². The average molecular weight is 335 g/mol. The van der Waals surface area contributed by atoms with Gasteiger partial charge in [0.05, 0.1) is 18.9 Å². The number of rotatable bonds is 4. The number of alkyl halides is 2. The van der Waals surface area contributed by atoms with E-state index in [0.29, 0.717) is 10.2 Å². The Balaban J connectivity index is 1.71. The van der Waals surface area contributed by atoms with Crippen LogP contribution >= 0.6 is 0 Å². The van der Waals surface area contributed by atoms with Crippen LogP contribution in [0.25, 0.3) is 0 Å². The number of piperidine rings is 1. The van der Waals surface area contributed by atoms with E-state index in [1.54, 1.807) is 12.1 Å². The van der Waals surface area contributed by atoms with Gasteiger partial charge in [-0.05, 0) is 48.6 Å². The fraction of sp³-hybridized carbons (Fsp3) is 0.412. The van der Waals surface area contributed by atoms with Crippen molar-refractivity contribution in [2.24, 2.45) is 0 Å². The minimum Gasteiger partial charge on any atom is -0.465 e. The van der Waals surface area contributed by atoms with Gasteiger partial charge in [0.25, 0.3) is 0 Å². The zero-order valence-corrected chi connectivity index (χ0v) is 13.3. The number of hydrogen-bond donors (Lipinski definition) is 1. The lowest BCUT2D eigenvalue weighted by Gasteiger charge is -2.30. The van der Waals surface area contributed by atoms with Gasteiger partial charge in [-0.3, -0.25) is 0 Å². The number of methoxy groups -OCH3 is 1. The van der Waals surface area contributed by atoms with E-state index in [1.807, 2.05) is 12.1 Å². The molecule has 1 N–H and O–H groups in total. The Kier molecular flexibility index (Phi) is 4.89. The van der Waals surface area contributed by atoms with Gasteiger partial charge in [0.2, 0.25) is 0 Å². The third kappa shape index (κ3) is 3.46. The van der Waals surface area contributed by atoms with Crippen LogP contribution in [-0.4, -0.2) is 29.4 Å². The molecular weight excluding hydrogens is 316 g/mol. The SMILES string of the molecule is COC(=O)c1ccc([C@@H]2CC(c3cnn(C(F)F)c3)CCN2)cc1. The van der Waals surface area contributed by atoms with Crippen LogP contribution in [0.1, 0.15) is 52.8 Å². The number of ether oxygens (including phenoxy) is 1. The monoisotopic (exact) mass is 335 g/mol. The number of hydrogen-bond acceptors (Lipinski definition) is 4. The topological polar surface area (TPSA) is 56.1 Å². The molecule has 2 atom stereocenters. The number of carbonyl (C=O) groups is 1. The Morgan fingerprint density at radius 3 is 2.71 bits per heavy atom. The Bertz CT molecular complexity index is 700. The maximum atomic E-state index is 12.7. The molecule has 1 saturated heterocycles. The summed E-state index contributed by atoms with van der Waals surface area (Å²) in [5, 5.41) is 7.16. The highest BCUT2D eigenvalue weighted by Gasteiger charge is 2.25. The minimum atomic E-state index is -2.61. The Morgan fingerprint density at radius 1 is 1.33 bits per heavy atom. The highest BCUT2D eigenvalue weighted by atomic mass is 19.3. The first kappa shape index (κ1) is 16.6. The van der Waals surface area contributed by atoms with E-state index in [2.05, 4.69) is 10.4 Å². The van der Waals surface area contributed by atoms with Gasteiger partial charge in [-0.2, -0.15) is 13.9 Å². The molecule has 0 bridgehead atoms. The molecule has 0 amide bonds. The summed E-state index contributed by atoms with van der Waals surface area (Å²) in [6.07, 6.45) is 4.63. The molecular formula is C17H19F2N3O2. The van der Waals surface area contributed by atoms with Crippen LogP contribution in [0.15, 0.2) is 36.7 Å². The largest absolute Gasteiger partial charge is 0.465 e. The number of benzene rings is 1. The van der Waals surface area contributed by atoms with Crippen molar-refractivity contribution in [3.8, 4) is 0 Å². The van der Waals surface area contributed by atoms with Gasteiger partial charge < -0.3 is 10.1 Å². The molecule has 2 aromatic rings. The van der Waals surface area contributed by atoms with Crippen LogP contribution in [-0.2, 0) is 4.74 Å². The highest BCUT2D eigenvalue weighted by Crippen LogP contribution is 2.34. The zero-order chi connectivity index (χ0) is 17.1. The second-order valence-electron chi connectivity index (χ2n) is 5.87. The van der Waals surface area contributed by atoms with Crippen molar-refractivity contribution >= 4 is 5.97 Å². The standard InChI is InChI=1S/C17H19F2N3O2/c1-24-16(23)12-4-2-11(3-5-12)15-8-13(6-7-20-15)14-9-21-22(10-14)17(18)19/h2-5,9-10,13,15,17,20H,6-8H2,1H3/t13?,15-/m0/s1. The predicted octanol–water partition coefficient (Wildman–Crippen LogP) is 3.27. The van der Waals surface area contributed by atoms with E-state index in [0.717, 1.165) is 30.5 Å². The summed E-state index contributed by atoms with van der Waals surface area (Å²) in [5.74, 6) is -0.181. The fourth-order valence-electron chi connectivity index (χ4n) is 3.11. The maximum Gasteiger partial charge on any atom is 0.337 e. The van der Waals surface area contributed by atoms with Crippen molar-refractivity contribution in [2.45, 2.75) is 31.4 Å². The molecule has 0 saturated carbocycles. The van der Waals surface area contributed by atoms with E-state index >= 15 is 0 Å².